The maximum atomic E-state index is 12.6. The van der Waals surface area contributed by atoms with Crippen LogP contribution < -0.4 is 5.73 Å². The number of rotatable bonds is 38. The predicted octanol–water partition coefficient (Wildman–Crippen LogP) is 7.86. The molecule has 0 rings (SSSR count). The lowest BCUT2D eigenvalue weighted by Crippen LogP contribution is -2.34. The summed E-state index contributed by atoms with van der Waals surface area (Å²) in [5.41, 5.74) is 5.31. The second kappa shape index (κ2) is 37.8. The molecular formula is C44H74NO13P. The average molecular weight is 856 g/mol. The number of phosphoric ester groups is 1. The average Bonchev–Trinajstić information content (AvgIpc) is 3.20. The van der Waals surface area contributed by atoms with Gasteiger partial charge >= 0.3 is 25.7 Å². The SMILES string of the molecule is CCCCCCCC/C=C\CCCCCCCC(=O)OCC(COP(=O)(O)OCC(N)C(=O)O)OC(=O)CCCC(O)/C=C/C=C\C=C\C(O)C/C=C\C=C\C(O)CC. The number of nitrogens with two attached hydrogens (primary N) is 1. The highest BCUT2D eigenvalue weighted by Gasteiger charge is 2.28. The van der Waals surface area contributed by atoms with Gasteiger partial charge in [-0.2, -0.15) is 0 Å². The molecule has 0 aromatic rings. The highest BCUT2D eigenvalue weighted by molar-refractivity contribution is 7.47. The number of hydrogen-bond acceptors (Lipinski definition) is 12. The number of phosphoric acid groups is 1. The maximum absolute atomic E-state index is 12.6. The van der Waals surface area contributed by atoms with Gasteiger partial charge in [0.1, 0.15) is 12.6 Å². The van der Waals surface area contributed by atoms with Crippen LogP contribution in [-0.2, 0) is 37.5 Å². The molecule has 0 amide bonds. The molecule has 0 bridgehead atoms. The third kappa shape index (κ3) is 37.5. The fourth-order valence-corrected chi connectivity index (χ4v) is 5.97. The van der Waals surface area contributed by atoms with E-state index >= 15 is 0 Å². The molecule has 0 saturated heterocycles. The fourth-order valence-electron chi connectivity index (χ4n) is 5.19. The highest BCUT2D eigenvalue weighted by Crippen LogP contribution is 2.43. The van der Waals surface area contributed by atoms with Crippen molar-refractivity contribution in [1.82, 2.24) is 0 Å². The summed E-state index contributed by atoms with van der Waals surface area (Å²) in [5.74, 6) is -2.70. The van der Waals surface area contributed by atoms with E-state index in [1.54, 1.807) is 54.7 Å². The van der Waals surface area contributed by atoms with Crippen LogP contribution in [0.3, 0.4) is 0 Å². The lowest BCUT2D eigenvalue weighted by atomic mass is 10.1. The summed E-state index contributed by atoms with van der Waals surface area (Å²) in [7, 11) is -4.80. The Labute approximate surface area is 352 Å². The van der Waals surface area contributed by atoms with Gasteiger partial charge in [0, 0.05) is 12.8 Å². The quantitative estimate of drug-likeness (QED) is 0.0114. The van der Waals surface area contributed by atoms with E-state index in [-0.39, 0.29) is 25.7 Å². The molecule has 0 spiro atoms. The van der Waals surface area contributed by atoms with Gasteiger partial charge in [0.2, 0.25) is 0 Å². The molecule has 0 aliphatic carbocycles. The van der Waals surface area contributed by atoms with Crippen LogP contribution in [0.2, 0.25) is 0 Å². The zero-order valence-electron chi connectivity index (χ0n) is 35.4. The number of carboxylic acid groups (broad SMARTS) is 1. The minimum Gasteiger partial charge on any atom is -0.480 e. The standard InChI is InChI=1S/C44H74NO13P/c1-3-5-6-7-8-9-10-11-12-13-14-15-16-17-25-32-42(49)55-34-40(35-56-59(53,54)57-36-41(45)44(51)52)58-43(50)33-26-31-39(48)29-22-19-18-21-28-38(47)30-24-20-23-27-37(46)4-2/h11-12,18-24,27-29,37-41,46-48H,3-10,13-17,25-26,30-36,45H2,1-2H3,(H,51,52)(H,53,54)/b12-11-,19-18-,24-20-,27-23+,28-21+,29-22+. The number of aliphatic carboxylic acids is 1. The summed E-state index contributed by atoms with van der Waals surface area (Å²) in [4.78, 5) is 45.9. The van der Waals surface area contributed by atoms with E-state index in [2.05, 4.69) is 23.6 Å². The number of ether oxygens (including phenoxy) is 2. The fraction of sp³-hybridized carbons (Fsp3) is 0.659. The molecule has 0 aliphatic heterocycles. The van der Waals surface area contributed by atoms with E-state index in [4.69, 9.17) is 24.8 Å². The van der Waals surface area contributed by atoms with Gasteiger partial charge in [0.15, 0.2) is 6.10 Å². The predicted molar refractivity (Wildman–Crippen MR) is 230 cm³/mol. The van der Waals surface area contributed by atoms with Crippen molar-refractivity contribution in [3.8, 4) is 0 Å². The molecule has 6 unspecified atom stereocenters. The van der Waals surface area contributed by atoms with Gasteiger partial charge in [-0.15, -0.1) is 0 Å². The lowest BCUT2D eigenvalue weighted by Gasteiger charge is -2.20. The number of aliphatic hydroxyl groups excluding tert-OH is 3. The monoisotopic (exact) mass is 855 g/mol. The highest BCUT2D eigenvalue weighted by atomic mass is 31.2. The zero-order valence-corrected chi connectivity index (χ0v) is 36.3. The Hall–Kier alpha value is -3.20. The summed E-state index contributed by atoms with van der Waals surface area (Å²) in [6.45, 7) is 2.15. The number of allylic oxidation sites excluding steroid dienone is 8. The third-order valence-electron chi connectivity index (χ3n) is 8.79. The van der Waals surface area contributed by atoms with E-state index < -0.39 is 76.0 Å². The molecule has 0 aromatic carbocycles. The summed E-state index contributed by atoms with van der Waals surface area (Å²) >= 11 is 0. The van der Waals surface area contributed by atoms with Crippen molar-refractivity contribution < 1.29 is 62.8 Å². The largest absolute Gasteiger partial charge is 0.480 e. The summed E-state index contributed by atoms with van der Waals surface area (Å²) in [6, 6.07) is -1.57. The van der Waals surface area contributed by atoms with Crippen LogP contribution in [0.1, 0.15) is 136 Å². The van der Waals surface area contributed by atoms with Gasteiger partial charge in [0.25, 0.3) is 0 Å². The van der Waals surface area contributed by atoms with Crippen LogP contribution in [0.25, 0.3) is 0 Å². The number of unbranched alkanes of at least 4 members (excludes halogenated alkanes) is 11. The first kappa shape index (κ1) is 55.8. The Kier molecular flexibility index (Phi) is 35.7. The molecule has 338 valence electrons. The number of carbonyl (C=O) groups is 3. The number of hydrogen-bond donors (Lipinski definition) is 6. The van der Waals surface area contributed by atoms with Crippen molar-refractivity contribution in [2.24, 2.45) is 5.73 Å². The van der Waals surface area contributed by atoms with E-state index in [0.29, 0.717) is 19.3 Å². The summed E-state index contributed by atoms with van der Waals surface area (Å²) in [5, 5.41) is 38.6. The van der Waals surface area contributed by atoms with E-state index in [1.807, 2.05) is 6.92 Å². The first-order chi connectivity index (χ1) is 28.3. The minimum absolute atomic E-state index is 0.120. The van der Waals surface area contributed by atoms with Gasteiger partial charge in [-0.25, -0.2) is 4.57 Å². The first-order valence-electron chi connectivity index (χ1n) is 21.3. The van der Waals surface area contributed by atoms with Gasteiger partial charge in [0.05, 0.1) is 31.5 Å². The molecule has 0 radical (unpaired) electrons. The second-order valence-electron chi connectivity index (χ2n) is 14.3. The Bertz CT molecular complexity index is 1330. The molecule has 7 N–H and O–H groups in total. The van der Waals surface area contributed by atoms with Crippen molar-refractivity contribution in [2.45, 2.75) is 166 Å². The molecule has 0 aliphatic rings. The van der Waals surface area contributed by atoms with Crippen molar-refractivity contribution in [2.75, 3.05) is 19.8 Å². The number of carboxylic acids is 1. The van der Waals surface area contributed by atoms with Gasteiger partial charge < -0.3 is 40.5 Å². The normalized spacial score (nSPS) is 16.1. The van der Waals surface area contributed by atoms with Crippen LogP contribution in [0.4, 0.5) is 0 Å². The Morgan fingerprint density at radius 1 is 0.627 bits per heavy atom. The summed E-state index contributed by atoms with van der Waals surface area (Å²) in [6.07, 6.45) is 34.1. The van der Waals surface area contributed by atoms with Crippen LogP contribution in [-0.4, -0.2) is 93.5 Å². The zero-order chi connectivity index (χ0) is 44.0. The molecule has 14 nitrogen and oxygen atoms in total. The molecule has 0 fully saturated rings. The van der Waals surface area contributed by atoms with Crippen molar-refractivity contribution in [1.29, 1.82) is 0 Å². The smallest absolute Gasteiger partial charge is 0.472 e. The van der Waals surface area contributed by atoms with E-state index in [1.165, 1.54) is 44.6 Å². The molecular weight excluding hydrogens is 781 g/mol. The lowest BCUT2D eigenvalue weighted by molar-refractivity contribution is -0.161. The number of aliphatic hydroxyl groups is 3. The maximum Gasteiger partial charge on any atom is 0.472 e. The van der Waals surface area contributed by atoms with Crippen molar-refractivity contribution in [3.63, 3.8) is 0 Å². The number of carbonyl (C=O) groups excluding carboxylic acids is 2. The minimum atomic E-state index is -4.80. The van der Waals surface area contributed by atoms with E-state index in [9.17, 15) is 39.2 Å². The summed E-state index contributed by atoms with van der Waals surface area (Å²) < 4.78 is 32.4. The second-order valence-corrected chi connectivity index (χ2v) is 15.8. The Balaban J connectivity index is 4.70. The molecule has 59 heavy (non-hydrogen) atoms. The van der Waals surface area contributed by atoms with Gasteiger partial charge in [-0.3, -0.25) is 23.4 Å². The molecule has 0 saturated carbocycles. The first-order valence-corrected chi connectivity index (χ1v) is 22.8. The molecule has 15 heteroatoms. The Morgan fingerprint density at radius 3 is 1.80 bits per heavy atom. The van der Waals surface area contributed by atoms with Crippen LogP contribution in [0.15, 0.2) is 72.9 Å². The van der Waals surface area contributed by atoms with Crippen molar-refractivity contribution >= 4 is 25.7 Å². The number of esters is 2. The topological polar surface area (TPSA) is 232 Å². The molecule has 0 aromatic heterocycles. The van der Waals surface area contributed by atoms with Gasteiger partial charge in [-0.05, 0) is 57.8 Å². The molecule has 0 heterocycles. The Morgan fingerprint density at radius 2 is 1.17 bits per heavy atom. The van der Waals surface area contributed by atoms with Crippen LogP contribution >= 0.6 is 7.82 Å². The third-order valence-corrected chi connectivity index (χ3v) is 9.74. The van der Waals surface area contributed by atoms with Crippen LogP contribution in [0, 0.1) is 0 Å². The van der Waals surface area contributed by atoms with E-state index in [0.717, 1.165) is 38.5 Å². The van der Waals surface area contributed by atoms with Gasteiger partial charge in [-0.1, -0.05) is 138 Å². The molecule has 6 atom stereocenters. The van der Waals surface area contributed by atoms with Crippen molar-refractivity contribution in [3.05, 3.63) is 72.9 Å². The van der Waals surface area contributed by atoms with Crippen LogP contribution in [0.5, 0.6) is 0 Å².